The molecule has 2 heterocycles. The topological polar surface area (TPSA) is 67.2 Å². The first-order valence-electron chi connectivity index (χ1n) is 8.65. The maximum Gasteiger partial charge on any atom is 0.417 e. The second kappa shape index (κ2) is 7.85. The number of rotatable bonds is 7. The molecular weight excluding hydrogens is 359 g/mol. The molecular formula is C19H20F3N3O2. The lowest BCUT2D eigenvalue weighted by Gasteiger charge is -2.08. The van der Waals surface area contributed by atoms with E-state index in [2.05, 4.69) is 22.5 Å². The van der Waals surface area contributed by atoms with Crippen LogP contribution in [0.2, 0.25) is 0 Å². The Hall–Kier alpha value is -2.77. The Morgan fingerprint density at radius 3 is 2.70 bits per heavy atom. The minimum Gasteiger partial charge on any atom is -0.461 e. The van der Waals surface area contributed by atoms with E-state index >= 15 is 0 Å². The molecule has 1 aliphatic carbocycles. The van der Waals surface area contributed by atoms with Crippen molar-refractivity contribution >= 4 is 17.8 Å². The van der Waals surface area contributed by atoms with E-state index < -0.39 is 11.7 Å². The highest BCUT2D eigenvalue weighted by Crippen LogP contribution is 2.47. The first-order chi connectivity index (χ1) is 12.8. The molecule has 27 heavy (non-hydrogen) atoms. The minimum absolute atomic E-state index is 0.282. The third-order valence-electron chi connectivity index (χ3n) is 4.34. The average Bonchev–Trinajstić information content (AvgIpc) is 3.17. The zero-order chi connectivity index (χ0) is 19.4. The number of aromatic nitrogens is 1. The number of carbonyl (C=O) groups is 1. The molecule has 2 aromatic heterocycles. The van der Waals surface area contributed by atoms with Gasteiger partial charge in [0, 0.05) is 31.3 Å². The number of amides is 1. The van der Waals surface area contributed by atoms with Gasteiger partial charge in [0.2, 0.25) is 5.91 Å². The monoisotopic (exact) mass is 379 g/mol. The summed E-state index contributed by atoms with van der Waals surface area (Å²) in [6, 6.07) is 5.98. The molecule has 0 aliphatic heterocycles. The number of halogens is 3. The Kier molecular flexibility index (Phi) is 5.53. The van der Waals surface area contributed by atoms with E-state index in [1.807, 2.05) is 12.1 Å². The van der Waals surface area contributed by atoms with Gasteiger partial charge in [0.05, 0.1) is 5.56 Å². The Morgan fingerprint density at radius 1 is 1.30 bits per heavy atom. The molecule has 0 spiro atoms. The molecule has 1 saturated carbocycles. The molecule has 8 heteroatoms. The van der Waals surface area contributed by atoms with Gasteiger partial charge in [-0.25, -0.2) is 4.98 Å². The van der Waals surface area contributed by atoms with Crippen molar-refractivity contribution in [1.82, 2.24) is 10.3 Å². The number of hydrogen-bond donors (Lipinski definition) is 2. The molecule has 2 N–H and O–H groups in total. The fourth-order valence-electron chi connectivity index (χ4n) is 2.63. The number of alkyl halides is 3. The smallest absolute Gasteiger partial charge is 0.417 e. The largest absolute Gasteiger partial charge is 0.461 e. The SMILES string of the molecule is C[C@H]1C[C@H]1c1ccc(/C=C/C(=O)NCCNc2ccc(C(F)(F)F)cn2)o1. The fourth-order valence-corrected chi connectivity index (χ4v) is 2.63. The molecule has 2 aromatic rings. The standard InChI is InChI=1S/C19H20F3N3O2/c1-12-10-15(12)16-5-3-14(27-16)4-7-18(26)24-9-8-23-17-6-2-13(11-25-17)19(20,21)22/h2-7,11-12,15H,8-10H2,1H3,(H,23,25)(H,24,26)/b7-4+/t12-,15+/m0/s1. The van der Waals surface area contributed by atoms with Crippen LogP contribution in [0.4, 0.5) is 19.0 Å². The van der Waals surface area contributed by atoms with Crippen molar-refractivity contribution in [2.75, 3.05) is 18.4 Å². The number of carbonyl (C=O) groups excluding carboxylic acids is 1. The zero-order valence-electron chi connectivity index (χ0n) is 14.7. The van der Waals surface area contributed by atoms with E-state index in [1.165, 1.54) is 12.1 Å². The number of anilines is 1. The lowest BCUT2D eigenvalue weighted by atomic mass is 10.3. The zero-order valence-corrected chi connectivity index (χ0v) is 14.7. The minimum atomic E-state index is -4.41. The molecule has 0 radical (unpaired) electrons. The summed E-state index contributed by atoms with van der Waals surface area (Å²) in [5, 5.41) is 5.51. The Morgan fingerprint density at radius 2 is 2.07 bits per heavy atom. The molecule has 0 aromatic carbocycles. The number of furan rings is 1. The third kappa shape index (κ3) is 5.35. The van der Waals surface area contributed by atoms with E-state index in [1.54, 1.807) is 6.08 Å². The van der Waals surface area contributed by atoms with E-state index in [9.17, 15) is 18.0 Å². The third-order valence-corrected chi connectivity index (χ3v) is 4.34. The van der Waals surface area contributed by atoms with Crippen LogP contribution in [-0.2, 0) is 11.0 Å². The Labute approximate surface area is 154 Å². The van der Waals surface area contributed by atoms with Crippen LogP contribution in [0.5, 0.6) is 0 Å². The van der Waals surface area contributed by atoms with Crippen LogP contribution < -0.4 is 10.6 Å². The van der Waals surface area contributed by atoms with E-state index in [4.69, 9.17) is 4.42 Å². The van der Waals surface area contributed by atoms with Gasteiger partial charge in [-0.2, -0.15) is 13.2 Å². The van der Waals surface area contributed by atoms with Gasteiger partial charge in [-0.15, -0.1) is 0 Å². The van der Waals surface area contributed by atoms with Crippen molar-refractivity contribution in [2.24, 2.45) is 5.92 Å². The van der Waals surface area contributed by atoms with Gasteiger partial charge >= 0.3 is 6.18 Å². The van der Waals surface area contributed by atoms with E-state index in [-0.39, 0.29) is 5.91 Å². The molecule has 144 valence electrons. The quantitative estimate of drug-likeness (QED) is 0.562. The summed E-state index contributed by atoms with van der Waals surface area (Å²) in [4.78, 5) is 15.5. The summed E-state index contributed by atoms with van der Waals surface area (Å²) in [7, 11) is 0. The Balaban J connectivity index is 1.37. The van der Waals surface area contributed by atoms with Crippen LogP contribution in [-0.4, -0.2) is 24.0 Å². The van der Waals surface area contributed by atoms with Crippen LogP contribution >= 0.6 is 0 Å². The maximum absolute atomic E-state index is 12.5. The van der Waals surface area contributed by atoms with Gasteiger partial charge < -0.3 is 15.1 Å². The summed E-state index contributed by atoms with van der Waals surface area (Å²) in [6.07, 6.45) is 0.491. The van der Waals surface area contributed by atoms with Crippen LogP contribution in [0, 0.1) is 5.92 Å². The molecule has 5 nitrogen and oxygen atoms in total. The molecule has 2 atom stereocenters. The van der Waals surface area contributed by atoms with Crippen molar-refractivity contribution in [1.29, 1.82) is 0 Å². The summed E-state index contributed by atoms with van der Waals surface area (Å²) < 4.78 is 43.0. The predicted octanol–water partition coefficient (Wildman–Crippen LogP) is 4.06. The first-order valence-corrected chi connectivity index (χ1v) is 8.65. The molecule has 1 aliphatic rings. The van der Waals surface area contributed by atoms with Gasteiger partial charge in [-0.1, -0.05) is 6.92 Å². The second-order valence-electron chi connectivity index (χ2n) is 6.54. The highest BCUT2D eigenvalue weighted by atomic mass is 19.4. The molecule has 0 bridgehead atoms. The van der Waals surface area contributed by atoms with Gasteiger partial charge in [0.15, 0.2) is 0 Å². The summed E-state index contributed by atoms with van der Waals surface area (Å²) in [5.41, 5.74) is -0.802. The first kappa shape index (κ1) is 19.0. The van der Waals surface area contributed by atoms with Crippen molar-refractivity contribution in [3.63, 3.8) is 0 Å². The predicted molar refractivity (Wildman–Crippen MR) is 95.0 cm³/mol. The van der Waals surface area contributed by atoms with Gasteiger partial charge in [-0.05, 0) is 42.7 Å². The molecule has 0 saturated heterocycles. The average molecular weight is 379 g/mol. The van der Waals surface area contributed by atoms with Crippen molar-refractivity contribution in [3.8, 4) is 0 Å². The normalized spacial score (nSPS) is 19.3. The van der Waals surface area contributed by atoms with Gasteiger partial charge in [0.1, 0.15) is 17.3 Å². The van der Waals surface area contributed by atoms with Gasteiger partial charge in [0.25, 0.3) is 0 Å². The van der Waals surface area contributed by atoms with Crippen molar-refractivity contribution < 1.29 is 22.4 Å². The number of nitrogens with zero attached hydrogens (tertiary/aromatic N) is 1. The summed E-state index contributed by atoms with van der Waals surface area (Å²) in [6.45, 7) is 2.81. The number of pyridine rings is 1. The van der Waals surface area contributed by atoms with Crippen LogP contribution in [0.1, 0.15) is 36.3 Å². The highest BCUT2D eigenvalue weighted by molar-refractivity contribution is 5.91. The van der Waals surface area contributed by atoms with E-state index in [0.29, 0.717) is 36.5 Å². The molecule has 3 rings (SSSR count). The van der Waals surface area contributed by atoms with Gasteiger partial charge in [-0.3, -0.25) is 4.79 Å². The van der Waals surface area contributed by atoms with Crippen LogP contribution in [0.25, 0.3) is 6.08 Å². The fraction of sp³-hybridized carbons (Fsp3) is 0.368. The summed E-state index contributed by atoms with van der Waals surface area (Å²) >= 11 is 0. The number of nitrogens with one attached hydrogen (secondary N) is 2. The molecule has 0 unspecified atom stereocenters. The second-order valence-corrected chi connectivity index (χ2v) is 6.54. The number of hydrogen-bond acceptors (Lipinski definition) is 4. The maximum atomic E-state index is 12.5. The lowest BCUT2D eigenvalue weighted by molar-refractivity contribution is -0.137. The molecule has 1 fully saturated rings. The van der Waals surface area contributed by atoms with Crippen LogP contribution in [0.15, 0.2) is 41.0 Å². The van der Waals surface area contributed by atoms with Crippen molar-refractivity contribution in [3.05, 3.63) is 53.6 Å². The molecule has 1 amide bonds. The van der Waals surface area contributed by atoms with Crippen molar-refractivity contribution in [2.45, 2.75) is 25.4 Å². The highest BCUT2D eigenvalue weighted by Gasteiger charge is 2.36. The Bertz CT molecular complexity index is 812. The summed E-state index contributed by atoms with van der Waals surface area (Å²) in [5.74, 6) is 2.76. The van der Waals surface area contributed by atoms with Crippen LogP contribution in [0.3, 0.4) is 0 Å². The van der Waals surface area contributed by atoms with E-state index in [0.717, 1.165) is 24.4 Å². The lowest BCUT2D eigenvalue weighted by Crippen LogP contribution is -2.27.